The van der Waals surface area contributed by atoms with Gasteiger partial charge in [0, 0.05) is 28.3 Å². The van der Waals surface area contributed by atoms with Gasteiger partial charge in [-0.15, -0.1) is 0 Å². The van der Waals surface area contributed by atoms with Crippen LogP contribution in [0.1, 0.15) is 23.2 Å². The van der Waals surface area contributed by atoms with Gasteiger partial charge in [-0.05, 0) is 47.0 Å². The Morgan fingerprint density at radius 2 is 2.24 bits per heavy atom. The number of anilines is 1. The fourth-order valence-corrected chi connectivity index (χ4v) is 2.03. The topological polar surface area (TPSA) is 66.6 Å². The molecule has 2 rings (SSSR count). The van der Waals surface area contributed by atoms with Gasteiger partial charge in [0.25, 0.3) is 5.91 Å². The lowest BCUT2D eigenvalue weighted by Crippen LogP contribution is -2.35. The Kier molecular flexibility index (Phi) is 3.69. The van der Waals surface area contributed by atoms with E-state index in [1.165, 1.54) is 0 Å². The Balaban J connectivity index is 2.19. The molecule has 92 valence electrons. The molecule has 1 saturated carbocycles. The number of nitrogen functional groups attached to an aromatic ring is 1. The minimum Gasteiger partial charge on any atom is -0.398 e. The molecule has 1 aliphatic carbocycles. The maximum atomic E-state index is 12.2. The molecule has 0 aromatic heterocycles. The van der Waals surface area contributed by atoms with Crippen LogP contribution in [0.15, 0.2) is 22.7 Å². The molecule has 3 N–H and O–H groups in total. The predicted octanol–water partition coefficient (Wildman–Crippen LogP) is 1.63. The van der Waals surface area contributed by atoms with Gasteiger partial charge in [-0.25, -0.2) is 0 Å². The number of hydrogen-bond donors (Lipinski definition) is 2. The Labute approximate surface area is 109 Å². The van der Waals surface area contributed by atoms with Gasteiger partial charge in [0.1, 0.15) is 0 Å². The van der Waals surface area contributed by atoms with E-state index in [1.807, 2.05) is 0 Å². The molecule has 0 heterocycles. The average molecular weight is 299 g/mol. The number of hydrogen-bond acceptors (Lipinski definition) is 3. The van der Waals surface area contributed by atoms with Crippen molar-refractivity contribution in [2.45, 2.75) is 18.9 Å². The molecule has 17 heavy (non-hydrogen) atoms. The Morgan fingerprint density at radius 3 is 2.76 bits per heavy atom. The van der Waals surface area contributed by atoms with Crippen LogP contribution in [0, 0.1) is 0 Å². The SMILES string of the molecule is Nc1cc(C(=O)N(CCO)C2CC2)ccc1Br. The van der Waals surface area contributed by atoms with Crippen LogP contribution in [0.2, 0.25) is 0 Å². The second-order valence-electron chi connectivity index (χ2n) is 4.19. The summed E-state index contributed by atoms with van der Waals surface area (Å²) in [4.78, 5) is 13.9. The molecule has 0 atom stereocenters. The molecule has 0 unspecified atom stereocenters. The van der Waals surface area contributed by atoms with E-state index >= 15 is 0 Å². The van der Waals surface area contributed by atoms with Crippen LogP contribution in [0.3, 0.4) is 0 Å². The number of nitrogens with zero attached hydrogens (tertiary/aromatic N) is 1. The summed E-state index contributed by atoms with van der Waals surface area (Å²) in [5.74, 6) is -0.0549. The van der Waals surface area contributed by atoms with Gasteiger partial charge in [-0.2, -0.15) is 0 Å². The van der Waals surface area contributed by atoms with Crippen molar-refractivity contribution in [2.24, 2.45) is 0 Å². The molecular weight excluding hydrogens is 284 g/mol. The Hall–Kier alpha value is -1.07. The minimum atomic E-state index is -0.0549. The largest absolute Gasteiger partial charge is 0.398 e. The van der Waals surface area contributed by atoms with E-state index in [9.17, 15) is 4.79 Å². The molecule has 1 amide bonds. The molecular formula is C12H15BrN2O2. The third kappa shape index (κ3) is 2.79. The van der Waals surface area contributed by atoms with Gasteiger partial charge in [0.15, 0.2) is 0 Å². The number of nitrogens with two attached hydrogens (primary N) is 1. The third-order valence-electron chi connectivity index (χ3n) is 2.83. The van der Waals surface area contributed by atoms with Crippen molar-refractivity contribution in [3.63, 3.8) is 0 Å². The highest BCUT2D eigenvalue weighted by Crippen LogP contribution is 2.29. The summed E-state index contributed by atoms with van der Waals surface area (Å²) < 4.78 is 0.786. The molecule has 0 spiro atoms. The lowest BCUT2D eigenvalue weighted by molar-refractivity contribution is 0.0707. The van der Waals surface area contributed by atoms with E-state index in [1.54, 1.807) is 23.1 Å². The van der Waals surface area contributed by atoms with E-state index in [2.05, 4.69) is 15.9 Å². The van der Waals surface area contributed by atoms with Crippen LogP contribution in [-0.4, -0.2) is 35.1 Å². The van der Waals surface area contributed by atoms with Gasteiger partial charge in [-0.3, -0.25) is 4.79 Å². The van der Waals surface area contributed by atoms with Crippen molar-refractivity contribution in [1.82, 2.24) is 4.90 Å². The van der Waals surface area contributed by atoms with Crippen LogP contribution >= 0.6 is 15.9 Å². The summed E-state index contributed by atoms with van der Waals surface area (Å²) >= 11 is 3.30. The van der Waals surface area contributed by atoms with Gasteiger partial charge in [0.05, 0.1) is 6.61 Å². The number of aliphatic hydroxyl groups excluding tert-OH is 1. The fraction of sp³-hybridized carbons (Fsp3) is 0.417. The van der Waals surface area contributed by atoms with Crippen molar-refractivity contribution in [3.8, 4) is 0 Å². The molecule has 0 saturated heterocycles. The highest BCUT2D eigenvalue weighted by molar-refractivity contribution is 9.10. The maximum Gasteiger partial charge on any atom is 0.254 e. The van der Waals surface area contributed by atoms with Crippen LogP contribution < -0.4 is 5.73 Å². The standard InChI is InChI=1S/C12H15BrN2O2/c13-10-4-1-8(7-11(10)14)12(17)15(5-6-16)9-2-3-9/h1,4,7,9,16H,2-3,5-6,14H2. The van der Waals surface area contributed by atoms with Crippen LogP contribution in [0.4, 0.5) is 5.69 Å². The summed E-state index contributed by atoms with van der Waals surface area (Å²) in [6.45, 7) is 0.383. The van der Waals surface area contributed by atoms with Crippen molar-refractivity contribution < 1.29 is 9.90 Å². The maximum absolute atomic E-state index is 12.2. The number of halogens is 1. The normalized spacial score (nSPS) is 14.7. The van der Waals surface area contributed by atoms with Gasteiger partial charge in [0.2, 0.25) is 0 Å². The highest BCUT2D eigenvalue weighted by atomic mass is 79.9. The lowest BCUT2D eigenvalue weighted by Gasteiger charge is -2.21. The molecule has 4 nitrogen and oxygen atoms in total. The van der Waals surface area contributed by atoms with Gasteiger partial charge >= 0.3 is 0 Å². The van der Waals surface area contributed by atoms with Gasteiger partial charge in [-0.1, -0.05) is 0 Å². The minimum absolute atomic E-state index is 0.00570. The summed E-state index contributed by atoms with van der Waals surface area (Å²) in [7, 11) is 0. The fourth-order valence-electron chi connectivity index (χ4n) is 1.79. The molecule has 0 radical (unpaired) electrons. The predicted molar refractivity (Wildman–Crippen MR) is 69.7 cm³/mol. The molecule has 1 fully saturated rings. The molecule has 0 bridgehead atoms. The number of amides is 1. The van der Waals surface area contributed by atoms with E-state index in [0.29, 0.717) is 23.8 Å². The number of aliphatic hydroxyl groups is 1. The molecule has 1 aromatic rings. The Morgan fingerprint density at radius 1 is 1.53 bits per heavy atom. The third-order valence-corrected chi connectivity index (χ3v) is 3.55. The smallest absolute Gasteiger partial charge is 0.254 e. The van der Waals surface area contributed by atoms with E-state index in [4.69, 9.17) is 10.8 Å². The summed E-state index contributed by atoms with van der Waals surface area (Å²) in [6.07, 6.45) is 2.05. The first kappa shape index (κ1) is 12.4. The van der Waals surface area contributed by atoms with Crippen molar-refractivity contribution in [1.29, 1.82) is 0 Å². The molecule has 0 aliphatic heterocycles. The molecule has 1 aromatic carbocycles. The Bertz CT molecular complexity index is 433. The van der Waals surface area contributed by atoms with E-state index in [-0.39, 0.29) is 12.5 Å². The van der Waals surface area contributed by atoms with Crippen LogP contribution in [0.5, 0.6) is 0 Å². The summed E-state index contributed by atoms with van der Waals surface area (Å²) in [5.41, 5.74) is 6.88. The second-order valence-corrected chi connectivity index (χ2v) is 5.04. The van der Waals surface area contributed by atoms with Gasteiger partial charge < -0.3 is 15.7 Å². The lowest BCUT2D eigenvalue weighted by atomic mass is 10.1. The van der Waals surface area contributed by atoms with E-state index in [0.717, 1.165) is 17.3 Å². The first-order chi connectivity index (χ1) is 8.13. The zero-order valence-corrected chi connectivity index (χ0v) is 11.0. The molecule has 5 heteroatoms. The summed E-state index contributed by atoms with van der Waals surface area (Å²) in [6, 6.07) is 5.47. The van der Waals surface area contributed by atoms with Crippen molar-refractivity contribution >= 4 is 27.5 Å². The number of carbonyl (C=O) groups is 1. The van der Waals surface area contributed by atoms with E-state index < -0.39 is 0 Å². The van der Waals surface area contributed by atoms with Crippen molar-refractivity contribution in [3.05, 3.63) is 28.2 Å². The number of carbonyl (C=O) groups excluding carboxylic acids is 1. The second kappa shape index (κ2) is 5.06. The number of rotatable bonds is 4. The zero-order chi connectivity index (χ0) is 12.4. The first-order valence-corrected chi connectivity index (χ1v) is 6.39. The van der Waals surface area contributed by atoms with Crippen LogP contribution in [-0.2, 0) is 0 Å². The molecule has 1 aliphatic rings. The average Bonchev–Trinajstić information content (AvgIpc) is 3.13. The highest BCUT2D eigenvalue weighted by Gasteiger charge is 2.32. The summed E-state index contributed by atoms with van der Waals surface area (Å²) in [5, 5.41) is 8.98. The zero-order valence-electron chi connectivity index (χ0n) is 9.40. The van der Waals surface area contributed by atoms with Crippen LogP contribution in [0.25, 0.3) is 0 Å². The number of benzene rings is 1. The van der Waals surface area contributed by atoms with Crippen molar-refractivity contribution in [2.75, 3.05) is 18.9 Å². The monoisotopic (exact) mass is 298 g/mol. The quantitative estimate of drug-likeness (QED) is 0.830. The first-order valence-electron chi connectivity index (χ1n) is 5.60.